The number of amides is 2. The van der Waals surface area contributed by atoms with Crippen LogP contribution >= 0.6 is 0 Å². The van der Waals surface area contributed by atoms with Crippen molar-refractivity contribution in [3.8, 4) is 11.3 Å². The van der Waals surface area contributed by atoms with Crippen LogP contribution in [0.4, 0.5) is 22.0 Å². The third-order valence-electron chi connectivity index (χ3n) is 4.86. The number of aromatic nitrogens is 2. The van der Waals surface area contributed by atoms with Crippen LogP contribution in [0.15, 0.2) is 54.9 Å². The normalized spacial score (nSPS) is 13.7. The molecule has 2 N–H and O–H groups in total. The summed E-state index contributed by atoms with van der Waals surface area (Å²) in [5.41, 5.74) is 5.35. The van der Waals surface area contributed by atoms with E-state index in [-0.39, 0.29) is 6.03 Å². The van der Waals surface area contributed by atoms with E-state index in [4.69, 9.17) is 4.74 Å². The SMILES string of the molecule is Cc1cc(C)cc(NC(=O)Nc2cccc(-c3nccnc3N3CCOCC3)c2)c1. The van der Waals surface area contributed by atoms with E-state index >= 15 is 0 Å². The topological polar surface area (TPSA) is 79.4 Å². The lowest BCUT2D eigenvalue weighted by atomic mass is 10.1. The number of carbonyl (C=O) groups is 1. The van der Waals surface area contributed by atoms with Gasteiger partial charge in [-0.3, -0.25) is 4.98 Å². The predicted molar refractivity (Wildman–Crippen MR) is 119 cm³/mol. The van der Waals surface area contributed by atoms with Gasteiger partial charge in [0.15, 0.2) is 5.82 Å². The van der Waals surface area contributed by atoms with E-state index in [1.54, 1.807) is 12.4 Å². The van der Waals surface area contributed by atoms with E-state index in [0.717, 1.165) is 47.0 Å². The number of hydrogen-bond donors (Lipinski definition) is 2. The summed E-state index contributed by atoms with van der Waals surface area (Å²) < 4.78 is 5.45. The van der Waals surface area contributed by atoms with Crippen LogP contribution in [-0.2, 0) is 4.74 Å². The van der Waals surface area contributed by atoms with Crippen molar-refractivity contribution in [1.29, 1.82) is 0 Å². The van der Waals surface area contributed by atoms with Crippen molar-refractivity contribution < 1.29 is 9.53 Å². The minimum Gasteiger partial charge on any atom is -0.378 e. The van der Waals surface area contributed by atoms with Crippen LogP contribution in [0.3, 0.4) is 0 Å². The molecule has 30 heavy (non-hydrogen) atoms. The van der Waals surface area contributed by atoms with Crippen molar-refractivity contribution in [2.24, 2.45) is 0 Å². The smallest absolute Gasteiger partial charge is 0.323 e. The van der Waals surface area contributed by atoms with Gasteiger partial charge >= 0.3 is 6.03 Å². The molecule has 2 aromatic carbocycles. The van der Waals surface area contributed by atoms with Gasteiger partial charge in [0, 0.05) is 42.4 Å². The number of urea groups is 1. The van der Waals surface area contributed by atoms with Gasteiger partial charge in [-0.15, -0.1) is 0 Å². The van der Waals surface area contributed by atoms with Crippen molar-refractivity contribution in [3.05, 3.63) is 66.0 Å². The fourth-order valence-corrected chi connectivity index (χ4v) is 3.63. The lowest BCUT2D eigenvalue weighted by Crippen LogP contribution is -2.37. The summed E-state index contributed by atoms with van der Waals surface area (Å²) in [5, 5.41) is 5.80. The Morgan fingerprint density at radius 1 is 0.933 bits per heavy atom. The summed E-state index contributed by atoms with van der Waals surface area (Å²) in [4.78, 5) is 23.8. The number of aryl methyl sites for hydroxylation is 2. The fraction of sp³-hybridized carbons (Fsp3) is 0.261. The maximum Gasteiger partial charge on any atom is 0.323 e. The minimum absolute atomic E-state index is 0.287. The van der Waals surface area contributed by atoms with E-state index in [0.29, 0.717) is 18.9 Å². The molecular formula is C23H25N5O2. The first-order chi connectivity index (χ1) is 14.6. The average Bonchev–Trinajstić information content (AvgIpc) is 2.74. The Balaban J connectivity index is 1.52. The molecule has 154 valence electrons. The van der Waals surface area contributed by atoms with Crippen LogP contribution in [0, 0.1) is 13.8 Å². The van der Waals surface area contributed by atoms with Crippen LogP contribution in [-0.4, -0.2) is 42.3 Å². The Bertz CT molecular complexity index is 1030. The third kappa shape index (κ3) is 4.75. The number of rotatable bonds is 4. The second-order valence-corrected chi connectivity index (χ2v) is 7.36. The number of anilines is 3. The summed E-state index contributed by atoms with van der Waals surface area (Å²) >= 11 is 0. The summed E-state index contributed by atoms with van der Waals surface area (Å²) in [6.45, 7) is 6.93. The molecule has 0 saturated carbocycles. The van der Waals surface area contributed by atoms with Gasteiger partial charge in [-0.25, -0.2) is 9.78 Å². The Kier molecular flexibility index (Phi) is 5.90. The van der Waals surface area contributed by atoms with Crippen molar-refractivity contribution >= 4 is 23.2 Å². The first-order valence-corrected chi connectivity index (χ1v) is 9.99. The Morgan fingerprint density at radius 2 is 1.63 bits per heavy atom. The first kappa shape index (κ1) is 19.8. The fourth-order valence-electron chi connectivity index (χ4n) is 3.63. The molecule has 2 heterocycles. The maximum absolute atomic E-state index is 12.5. The molecule has 7 nitrogen and oxygen atoms in total. The molecule has 4 rings (SSSR count). The monoisotopic (exact) mass is 403 g/mol. The lowest BCUT2D eigenvalue weighted by molar-refractivity contribution is 0.122. The molecule has 1 saturated heterocycles. The highest BCUT2D eigenvalue weighted by Gasteiger charge is 2.18. The van der Waals surface area contributed by atoms with Gasteiger partial charge in [-0.1, -0.05) is 18.2 Å². The molecule has 0 spiro atoms. The van der Waals surface area contributed by atoms with Crippen LogP contribution in [0.2, 0.25) is 0 Å². The summed E-state index contributed by atoms with van der Waals surface area (Å²) in [5.74, 6) is 0.831. The highest BCUT2D eigenvalue weighted by molar-refractivity contribution is 6.00. The summed E-state index contributed by atoms with van der Waals surface area (Å²) in [6, 6.07) is 13.3. The molecule has 0 aliphatic carbocycles. The Morgan fingerprint density at radius 3 is 2.40 bits per heavy atom. The van der Waals surface area contributed by atoms with Gasteiger partial charge in [0.1, 0.15) is 5.69 Å². The largest absolute Gasteiger partial charge is 0.378 e. The number of benzene rings is 2. The predicted octanol–water partition coefficient (Wildman–Crippen LogP) is 4.24. The number of nitrogens with one attached hydrogen (secondary N) is 2. The average molecular weight is 403 g/mol. The van der Waals surface area contributed by atoms with Crippen LogP contribution in [0.1, 0.15) is 11.1 Å². The zero-order valence-electron chi connectivity index (χ0n) is 17.2. The Labute approximate surface area is 176 Å². The molecule has 2 amide bonds. The minimum atomic E-state index is -0.287. The number of morpholine rings is 1. The van der Waals surface area contributed by atoms with Gasteiger partial charge < -0.3 is 20.3 Å². The molecule has 1 aliphatic rings. The molecule has 3 aromatic rings. The van der Waals surface area contributed by atoms with Gasteiger partial charge in [0.05, 0.1) is 13.2 Å². The summed E-state index contributed by atoms with van der Waals surface area (Å²) in [7, 11) is 0. The van der Waals surface area contributed by atoms with Crippen LogP contribution in [0.5, 0.6) is 0 Å². The number of carbonyl (C=O) groups excluding carboxylic acids is 1. The molecule has 0 bridgehead atoms. The van der Waals surface area contributed by atoms with Crippen molar-refractivity contribution in [2.45, 2.75) is 13.8 Å². The zero-order chi connectivity index (χ0) is 20.9. The van der Waals surface area contributed by atoms with E-state index in [9.17, 15) is 4.79 Å². The standard InChI is InChI=1S/C23H25N5O2/c1-16-12-17(2)14-20(13-16)27-23(29)26-19-5-3-4-18(15-19)21-22(25-7-6-24-21)28-8-10-30-11-9-28/h3-7,12-15H,8-11H2,1-2H3,(H2,26,27,29). The van der Waals surface area contributed by atoms with Gasteiger partial charge in [-0.05, 0) is 49.2 Å². The quantitative estimate of drug-likeness (QED) is 0.681. The number of hydrogen-bond acceptors (Lipinski definition) is 5. The van der Waals surface area contributed by atoms with Gasteiger partial charge in [0.25, 0.3) is 0 Å². The van der Waals surface area contributed by atoms with E-state index in [1.165, 1.54) is 0 Å². The van der Waals surface area contributed by atoms with Gasteiger partial charge in [0.2, 0.25) is 0 Å². The maximum atomic E-state index is 12.5. The molecule has 0 radical (unpaired) electrons. The molecule has 0 unspecified atom stereocenters. The number of ether oxygens (including phenoxy) is 1. The molecule has 1 fully saturated rings. The number of nitrogens with zero attached hydrogens (tertiary/aromatic N) is 3. The van der Waals surface area contributed by atoms with Crippen LogP contribution in [0.25, 0.3) is 11.3 Å². The Hall–Kier alpha value is -3.45. The van der Waals surface area contributed by atoms with E-state index < -0.39 is 0 Å². The molecule has 1 aromatic heterocycles. The van der Waals surface area contributed by atoms with Gasteiger partial charge in [-0.2, -0.15) is 0 Å². The molecular weight excluding hydrogens is 378 g/mol. The molecule has 1 aliphatic heterocycles. The van der Waals surface area contributed by atoms with Crippen molar-refractivity contribution in [3.63, 3.8) is 0 Å². The second-order valence-electron chi connectivity index (χ2n) is 7.36. The second kappa shape index (κ2) is 8.92. The third-order valence-corrected chi connectivity index (χ3v) is 4.86. The lowest BCUT2D eigenvalue weighted by Gasteiger charge is -2.28. The van der Waals surface area contributed by atoms with E-state index in [1.807, 2.05) is 50.2 Å². The summed E-state index contributed by atoms with van der Waals surface area (Å²) in [6.07, 6.45) is 3.39. The molecule has 0 atom stereocenters. The van der Waals surface area contributed by atoms with E-state index in [2.05, 4.69) is 31.6 Å². The first-order valence-electron chi connectivity index (χ1n) is 9.99. The highest BCUT2D eigenvalue weighted by Crippen LogP contribution is 2.29. The molecule has 7 heteroatoms. The van der Waals surface area contributed by atoms with Crippen molar-refractivity contribution in [2.75, 3.05) is 41.8 Å². The van der Waals surface area contributed by atoms with Crippen LogP contribution < -0.4 is 15.5 Å². The van der Waals surface area contributed by atoms with Crippen molar-refractivity contribution in [1.82, 2.24) is 9.97 Å². The highest BCUT2D eigenvalue weighted by atomic mass is 16.5. The zero-order valence-corrected chi connectivity index (χ0v) is 17.2.